The quantitative estimate of drug-likeness (QED) is 0.569. The molecule has 0 aromatic rings. The molecule has 0 aromatic carbocycles. The molecule has 0 atom stereocenters. The molecule has 0 aliphatic carbocycles. The number of carbonyl (C=O) groups excluding carboxylic acids is 2. The van der Waals surface area contributed by atoms with Crippen molar-refractivity contribution in [2.75, 3.05) is 26.0 Å². The summed E-state index contributed by atoms with van der Waals surface area (Å²) in [6.45, 7) is 0.0974. The molecule has 14 heavy (non-hydrogen) atoms. The van der Waals surface area contributed by atoms with Gasteiger partial charge in [-0.25, -0.2) is 0 Å². The lowest BCUT2D eigenvalue weighted by Crippen LogP contribution is -2.36. The van der Waals surface area contributed by atoms with Crippen molar-refractivity contribution >= 4 is 27.7 Å². The molecule has 0 bridgehead atoms. The lowest BCUT2D eigenvalue weighted by atomic mass is 10.2. The summed E-state index contributed by atoms with van der Waals surface area (Å²) >= 11 is 3.29. The van der Waals surface area contributed by atoms with Gasteiger partial charge in [0.2, 0.25) is 11.8 Å². The number of unbranched alkanes of at least 4 members (excludes halogenated alkanes) is 1. The number of nitrogens with zero attached hydrogens (tertiary/aromatic N) is 1. The second-order valence-corrected chi connectivity index (χ2v) is 4.00. The maximum absolute atomic E-state index is 11.1. The van der Waals surface area contributed by atoms with Crippen molar-refractivity contribution in [1.82, 2.24) is 10.2 Å². The Hall–Kier alpha value is -0.580. The minimum absolute atomic E-state index is 0.0545. The molecular weight excluding hydrogens is 248 g/mol. The molecule has 4 nitrogen and oxygen atoms in total. The van der Waals surface area contributed by atoms with Crippen LogP contribution in [0, 0.1) is 0 Å². The highest BCUT2D eigenvalue weighted by atomic mass is 79.9. The third kappa shape index (κ3) is 6.88. The van der Waals surface area contributed by atoms with Gasteiger partial charge >= 0.3 is 0 Å². The predicted octanol–water partition coefficient (Wildman–Crippen LogP) is 0.756. The monoisotopic (exact) mass is 264 g/mol. The van der Waals surface area contributed by atoms with Crippen molar-refractivity contribution in [3.05, 3.63) is 0 Å². The van der Waals surface area contributed by atoms with Crippen LogP contribution < -0.4 is 5.32 Å². The molecule has 0 aliphatic rings. The van der Waals surface area contributed by atoms with Crippen LogP contribution in [0.25, 0.3) is 0 Å². The van der Waals surface area contributed by atoms with Gasteiger partial charge in [-0.15, -0.1) is 0 Å². The van der Waals surface area contributed by atoms with Gasteiger partial charge in [0.1, 0.15) is 0 Å². The van der Waals surface area contributed by atoms with E-state index in [4.69, 9.17) is 0 Å². The van der Waals surface area contributed by atoms with E-state index in [1.165, 1.54) is 4.90 Å². The minimum atomic E-state index is -0.0844. The van der Waals surface area contributed by atoms with Gasteiger partial charge in [0, 0.05) is 25.8 Å². The second kappa shape index (κ2) is 7.79. The van der Waals surface area contributed by atoms with Crippen LogP contribution >= 0.6 is 15.9 Å². The molecule has 0 aromatic heterocycles. The number of carbonyl (C=O) groups is 2. The van der Waals surface area contributed by atoms with Crippen molar-refractivity contribution in [2.45, 2.75) is 19.3 Å². The lowest BCUT2D eigenvalue weighted by Gasteiger charge is -2.10. The molecular formula is C9H17BrN2O2. The van der Waals surface area contributed by atoms with E-state index in [9.17, 15) is 9.59 Å². The molecule has 0 rings (SSSR count). The number of nitrogens with one attached hydrogen (secondary N) is 1. The summed E-state index contributed by atoms with van der Waals surface area (Å²) in [4.78, 5) is 23.7. The first-order valence-corrected chi connectivity index (χ1v) is 5.73. The Kier molecular flexibility index (Phi) is 7.47. The predicted molar refractivity (Wildman–Crippen MR) is 59.3 cm³/mol. The summed E-state index contributed by atoms with van der Waals surface area (Å²) in [5, 5.41) is 3.49. The minimum Gasteiger partial charge on any atom is -0.347 e. The Morgan fingerprint density at radius 3 is 2.43 bits per heavy atom. The van der Waals surface area contributed by atoms with Crippen molar-refractivity contribution in [1.29, 1.82) is 0 Å². The average Bonchev–Trinajstić information content (AvgIpc) is 2.14. The fourth-order valence-electron chi connectivity index (χ4n) is 0.801. The molecule has 1 N–H and O–H groups in total. The van der Waals surface area contributed by atoms with Crippen LogP contribution in [-0.4, -0.2) is 42.7 Å². The van der Waals surface area contributed by atoms with Gasteiger partial charge in [0.05, 0.1) is 6.54 Å². The molecule has 0 fully saturated rings. The zero-order valence-corrected chi connectivity index (χ0v) is 10.3. The highest BCUT2D eigenvalue weighted by Gasteiger charge is 2.06. The fourth-order valence-corrected chi connectivity index (χ4v) is 1.20. The number of halogens is 1. The fraction of sp³-hybridized carbons (Fsp3) is 0.778. The molecule has 0 saturated heterocycles. The maximum atomic E-state index is 11.1. The van der Waals surface area contributed by atoms with Gasteiger partial charge in [-0.05, 0) is 12.8 Å². The summed E-state index contributed by atoms with van der Waals surface area (Å²) < 4.78 is 0. The molecule has 5 heteroatoms. The second-order valence-electron chi connectivity index (χ2n) is 3.21. The van der Waals surface area contributed by atoms with Crippen molar-refractivity contribution in [3.8, 4) is 0 Å². The molecule has 0 radical (unpaired) electrons. The summed E-state index contributed by atoms with van der Waals surface area (Å²) in [5.41, 5.74) is 0. The number of rotatable bonds is 6. The Morgan fingerprint density at radius 2 is 1.93 bits per heavy atom. The van der Waals surface area contributed by atoms with Crippen LogP contribution in [0.2, 0.25) is 0 Å². The van der Waals surface area contributed by atoms with Crippen LogP contribution in [-0.2, 0) is 9.59 Å². The number of amides is 2. The Labute approximate surface area is 93.2 Å². The van der Waals surface area contributed by atoms with Gasteiger partial charge in [0.25, 0.3) is 0 Å². The van der Waals surface area contributed by atoms with Crippen molar-refractivity contribution < 1.29 is 9.59 Å². The van der Waals surface area contributed by atoms with Gasteiger partial charge in [0.15, 0.2) is 0 Å². The number of hydrogen-bond acceptors (Lipinski definition) is 2. The van der Waals surface area contributed by atoms with Gasteiger partial charge < -0.3 is 10.2 Å². The summed E-state index contributed by atoms with van der Waals surface area (Å²) in [7, 11) is 3.33. The van der Waals surface area contributed by atoms with Crippen LogP contribution in [0.1, 0.15) is 19.3 Å². The molecule has 0 aliphatic heterocycles. The Bertz CT molecular complexity index is 195. The van der Waals surface area contributed by atoms with E-state index in [0.29, 0.717) is 6.42 Å². The highest BCUT2D eigenvalue weighted by Crippen LogP contribution is 1.97. The largest absolute Gasteiger partial charge is 0.347 e. The van der Waals surface area contributed by atoms with Gasteiger partial charge in [-0.3, -0.25) is 9.59 Å². The number of alkyl halides is 1. The van der Waals surface area contributed by atoms with Crippen LogP contribution in [0.3, 0.4) is 0 Å². The zero-order chi connectivity index (χ0) is 11.0. The third-order valence-electron chi connectivity index (χ3n) is 1.72. The average molecular weight is 265 g/mol. The Morgan fingerprint density at radius 1 is 1.29 bits per heavy atom. The van der Waals surface area contributed by atoms with E-state index in [-0.39, 0.29) is 18.4 Å². The molecule has 0 saturated carbocycles. The Balaban J connectivity index is 3.49. The molecule has 82 valence electrons. The summed E-state index contributed by atoms with van der Waals surface area (Å²) in [6, 6.07) is 0. The van der Waals surface area contributed by atoms with Crippen molar-refractivity contribution in [2.24, 2.45) is 0 Å². The first kappa shape index (κ1) is 13.4. The molecule has 0 unspecified atom stereocenters. The topological polar surface area (TPSA) is 49.4 Å². The third-order valence-corrected chi connectivity index (χ3v) is 2.28. The van der Waals surface area contributed by atoms with E-state index < -0.39 is 0 Å². The van der Waals surface area contributed by atoms with E-state index >= 15 is 0 Å². The number of likely N-dealkylation sites (N-methyl/N-ethyl adjacent to an activating group) is 1. The summed E-state index contributed by atoms with van der Waals surface area (Å²) in [5.74, 6) is -0.139. The van der Waals surface area contributed by atoms with Crippen LogP contribution in [0.4, 0.5) is 0 Å². The summed E-state index contributed by atoms with van der Waals surface area (Å²) in [6.07, 6.45) is 2.33. The first-order chi connectivity index (χ1) is 6.57. The highest BCUT2D eigenvalue weighted by molar-refractivity contribution is 9.09. The standard InChI is InChI=1S/C9H17BrN2O2/c1-12(2)9(14)7-11-8(13)5-3-4-6-10/h3-7H2,1-2H3,(H,11,13). The van der Waals surface area contributed by atoms with E-state index in [1.54, 1.807) is 14.1 Å². The van der Waals surface area contributed by atoms with Crippen LogP contribution in [0.15, 0.2) is 0 Å². The van der Waals surface area contributed by atoms with E-state index in [2.05, 4.69) is 21.2 Å². The van der Waals surface area contributed by atoms with E-state index in [1.807, 2.05) is 0 Å². The lowest BCUT2D eigenvalue weighted by molar-refractivity contribution is -0.130. The van der Waals surface area contributed by atoms with Crippen LogP contribution in [0.5, 0.6) is 0 Å². The van der Waals surface area contributed by atoms with Gasteiger partial charge in [-0.1, -0.05) is 15.9 Å². The maximum Gasteiger partial charge on any atom is 0.241 e. The SMILES string of the molecule is CN(C)C(=O)CNC(=O)CCCCBr. The molecule has 2 amide bonds. The zero-order valence-electron chi connectivity index (χ0n) is 8.68. The molecule has 0 spiro atoms. The number of hydrogen-bond donors (Lipinski definition) is 1. The van der Waals surface area contributed by atoms with Gasteiger partial charge in [-0.2, -0.15) is 0 Å². The first-order valence-electron chi connectivity index (χ1n) is 4.60. The normalized spacial score (nSPS) is 9.64. The van der Waals surface area contributed by atoms with Crippen molar-refractivity contribution in [3.63, 3.8) is 0 Å². The smallest absolute Gasteiger partial charge is 0.241 e. The molecule has 0 heterocycles. The van der Waals surface area contributed by atoms with E-state index in [0.717, 1.165) is 18.2 Å².